The molecule has 1 aliphatic rings. The number of thioether (sulfide) groups is 1. The Bertz CT molecular complexity index is 774. The quantitative estimate of drug-likeness (QED) is 0.583. The molecule has 3 rings (SSSR count). The molecular weight excluding hydrogens is 352 g/mol. The second kappa shape index (κ2) is 7.98. The van der Waals surface area contributed by atoms with E-state index in [0.717, 1.165) is 35.7 Å². The minimum Gasteiger partial charge on any atom is -0.479 e. The molecule has 0 aliphatic heterocycles. The second-order valence-corrected chi connectivity index (χ2v) is 8.36. The number of rotatable bonds is 10. The molecule has 26 heavy (non-hydrogen) atoms. The predicted octanol–water partition coefficient (Wildman–Crippen LogP) is 2.61. The van der Waals surface area contributed by atoms with Crippen LogP contribution >= 0.6 is 11.8 Å². The monoisotopic (exact) mass is 378 g/mol. The van der Waals surface area contributed by atoms with Crippen LogP contribution in [-0.2, 0) is 17.6 Å². The number of carboxylic acid groups (broad SMARTS) is 1. The average molecular weight is 378 g/mol. The van der Waals surface area contributed by atoms with Gasteiger partial charge in [-0.25, -0.2) is 4.79 Å². The summed E-state index contributed by atoms with van der Waals surface area (Å²) >= 11 is 1.51. The first-order valence-corrected chi connectivity index (χ1v) is 10.2. The highest BCUT2D eigenvalue weighted by Gasteiger charge is 2.43. The van der Waals surface area contributed by atoms with E-state index in [1.165, 1.54) is 24.6 Å². The van der Waals surface area contributed by atoms with Crippen LogP contribution < -0.4 is 5.73 Å². The molecule has 2 heterocycles. The summed E-state index contributed by atoms with van der Waals surface area (Å²) < 4.78 is 5.88. The number of nitrogens with zero attached hydrogens (tertiary/aromatic N) is 1. The van der Waals surface area contributed by atoms with Gasteiger partial charge in [0.25, 0.3) is 0 Å². The van der Waals surface area contributed by atoms with Crippen LogP contribution in [0.3, 0.4) is 0 Å². The summed E-state index contributed by atoms with van der Waals surface area (Å²) in [5.41, 5.74) is 5.14. The summed E-state index contributed by atoms with van der Waals surface area (Å²) in [7, 11) is 0. The van der Waals surface area contributed by atoms with E-state index in [2.05, 4.69) is 4.98 Å². The van der Waals surface area contributed by atoms with Crippen LogP contribution in [0.2, 0.25) is 0 Å². The molecule has 4 N–H and O–H groups in total. The van der Waals surface area contributed by atoms with Crippen LogP contribution in [0.1, 0.15) is 37.6 Å². The number of furan rings is 1. The molecule has 7 heteroatoms. The molecule has 0 saturated heterocycles. The Balaban J connectivity index is 1.83. The largest absolute Gasteiger partial charge is 0.479 e. The number of nitrogens with two attached hydrogens (primary N) is 1. The van der Waals surface area contributed by atoms with Crippen LogP contribution in [0.25, 0.3) is 11.0 Å². The number of hydrogen-bond donors (Lipinski definition) is 3. The molecule has 6 nitrogen and oxygen atoms in total. The van der Waals surface area contributed by atoms with Crippen molar-refractivity contribution >= 4 is 28.7 Å². The fourth-order valence-electron chi connectivity index (χ4n) is 3.09. The molecule has 0 aromatic carbocycles. The van der Waals surface area contributed by atoms with E-state index in [9.17, 15) is 15.0 Å². The Morgan fingerprint density at radius 2 is 2.31 bits per heavy atom. The van der Waals surface area contributed by atoms with Gasteiger partial charge in [-0.1, -0.05) is 19.8 Å². The minimum absolute atomic E-state index is 0.146. The van der Waals surface area contributed by atoms with E-state index in [0.29, 0.717) is 17.0 Å². The summed E-state index contributed by atoms with van der Waals surface area (Å²) in [4.78, 5) is 16.1. The molecule has 1 saturated carbocycles. The van der Waals surface area contributed by atoms with Crippen molar-refractivity contribution in [1.82, 2.24) is 4.98 Å². The topological polar surface area (TPSA) is 110 Å². The highest BCUT2D eigenvalue weighted by molar-refractivity contribution is 7.99. The fraction of sp³-hybridized carbons (Fsp3) is 0.579. The molecule has 0 radical (unpaired) electrons. The van der Waals surface area contributed by atoms with Gasteiger partial charge in [0.1, 0.15) is 11.3 Å². The van der Waals surface area contributed by atoms with E-state index in [4.69, 9.17) is 10.2 Å². The van der Waals surface area contributed by atoms with E-state index in [1.54, 1.807) is 12.3 Å². The average Bonchev–Trinajstić information content (AvgIpc) is 3.35. The SMILES string of the molecule is CCSCC(N)C(O)(Cc1nccc2oc(CCC3CC3)cc12)C(=O)O. The number of fused-ring (bicyclic) bond motifs is 1. The fourth-order valence-corrected chi connectivity index (χ4v) is 3.86. The first-order chi connectivity index (χ1) is 12.4. The van der Waals surface area contributed by atoms with Crippen molar-refractivity contribution < 1.29 is 19.4 Å². The smallest absolute Gasteiger partial charge is 0.337 e. The molecule has 2 atom stereocenters. The van der Waals surface area contributed by atoms with E-state index >= 15 is 0 Å². The van der Waals surface area contributed by atoms with Crippen LogP contribution in [0.4, 0.5) is 0 Å². The Morgan fingerprint density at radius 1 is 1.54 bits per heavy atom. The Kier molecular flexibility index (Phi) is 5.89. The number of carboxylic acids is 1. The van der Waals surface area contributed by atoms with Crippen LogP contribution in [0, 0.1) is 5.92 Å². The highest BCUT2D eigenvalue weighted by Crippen LogP contribution is 2.34. The third-order valence-corrected chi connectivity index (χ3v) is 6.00. The number of pyridine rings is 1. The number of aromatic nitrogens is 1. The summed E-state index contributed by atoms with van der Waals surface area (Å²) in [5.74, 6) is 1.55. The van der Waals surface area contributed by atoms with Gasteiger partial charge in [-0.05, 0) is 30.2 Å². The van der Waals surface area contributed by atoms with Gasteiger partial charge in [-0.3, -0.25) is 4.98 Å². The Labute approximate surface area is 157 Å². The lowest BCUT2D eigenvalue weighted by molar-refractivity contribution is -0.160. The van der Waals surface area contributed by atoms with E-state index in [-0.39, 0.29) is 6.42 Å². The zero-order chi connectivity index (χ0) is 18.7. The molecule has 142 valence electrons. The van der Waals surface area contributed by atoms with Crippen molar-refractivity contribution in [2.45, 2.75) is 50.7 Å². The summed E-state index contributed by atoms with van der Waals surface area (Å²) in [5, 5.41) is 21.1. The molecule has 2 aromatic heterocycles. The van der Waals surface area contributed by atoms with Crippen LogP contribution in [0.5, 0.6) is 0 Å². The predicted molar refractivity (Wildman–Crippen MR) is 102 cm³/mol. The number of aliphatic carboxylic acids is 1. The maximum Gasteiger partial charge on any atom is 0.337 e. The zero-order valence-electron chi connectivity index (χ0n) is 15.0. The third kappa shape index (κ3) is 4.22. The maximum atomic E-state index is 11.8. The van der Waals surface area contributed by atoms with Crippen molar-refractivity contribution in [3.05, 3.63) is 29.8 Å². The molecule has 1 aliphatic carbocycles. The molecule has 0 bridgehead atoms. The van der Waals surface area contributed by atoms with Gasteiger partial charge in [-0.2, -0.15) is 11.8 Å². The van der Waals surface area contributed by atoms with Gasteiger partial charge in [0.15, 0.2) is 5.60 Å². The lowest BCUT2D eigenvalue weighted by Gasteiger charge is -2.29. The van der Waals surface area contributed by atoms with Gasteiger partial charge >= 0.3 is 5.97 Å². The normalized spacial score (nSPS) is 18.0. The molecule has 2 unspecified atom stereocenters. The van der Waals surface area contributed by atoms with E-state index in [1.807, 2.05) is 13.0 Å². The first kappa shape index (κ1) is 19.2. The number of hydrogen-bond acceptors (Lipinski definition) is 6. The van der Waals surface area contributed by atoms with Crippen molar-refractivity contribution in [2.24, 2.45) is 11.7 Å². The molecule has 1 fully saturated rings. The van der Waals surface area contributed by atoms with Gasteiger partial charge in [0, 0.05) is 30.2 Å². The summed E-state index contributed by atoms with van der Waals surface area (Å²) in [6.07, 6.45) is 6.02. The molecule has 0 spiro atoms. The van der Waals surface area contributed by atoms with Crippen molar-refractivity contribution in [1.29, 1.82) is 0 Å². The number of aliphatic hydroxyl groups is 1. The number of carbonyl (C=O) groups is 1. The van der Waals surface area contributed by atoms with Gasteiger partial charge in [0.2, 0.25) is 0 Å². The standard InChI is InChI=1S/C19H26N2O4S/c1-2-26-11-17(20)19(24,18(22)23)10-15-14-9-13(6-5-12-3-4-12)25-16(14)7-8-21-15/h7-9,12,17,24H,2-6,10-11,20H2,1H3,(H,22,23). The zero-order valence-corrected chi connectivity index (χ0v) is 15.8. The molecular formula is C19H26N2O4S. The van der Waals surface area contributed by atoms with Crippen molar-refractivity contribution in [2.75, 3.05) is 11.5 Å². The Morgan fingerprint density at radius 3 is 2.96 bits per heavy atom. The lowest BCUT2D eigenvalue weighted by atomic mass is 9.89. The lowest BCUT2D eigenvalue weighted by Crippen LogP contribution is -2.57. The summed E-state index contributed by atoms with van der Waals surface area (Å²) in [6, 6.07) is 2.81. The van der Waals surface area contributed by atoms with Crippen molar-refractivity contribution in [3.8, 4) is 0 Å². The molecule has 0 amide bonds. The first-order valence-electron chi connectivity index (χ1n) is 9.09. The second-order valence-electron chi connectivity index (χ2n) is 7.04. The van der Waals surface area contributed by atoms with Crippen LogP contribution in [-0.4, -0.2) is 44.3 Å². The van der Waals surface area contributed by atoms with Gasteiger partial charge in [0.05, 0.1) is 11.7 Å². The molecule has 2 aromatic rings. The van der Waals surface area contributed by atoms with E-state index < -0.39 is 17.6 Å². The third-order valence-electron chi connectivity index (χ3n) is 5.00. The van der Waals surface area contributed by atoms with Crippen molar-refractivity contribution in [3.63, 3.8) is 0 Å². The minimum atomic E-state index is -2.06. The van der Waals surface area contributed by atoms with Gasteiger partial charge < -0.3 is 20.4 Å². The number of aryl methyl sites for hydroxylation is 1. The highest BCUT2D eigenvalue weighted by atomic mass is 32.2. The van der Waals surface area contributed by atoms with Crippen LogP contribution in [0.15, 0.2) is 22.7 Å². The maximum absolute atomic E-state index is 11.8. The van der Waals surface area contributed by atoms with Gasteiger partial charge in [-0.15, -0.1) is 0 Å². The summed E-state index contributed by atoms with van der Waals surface area (Å²) in [6.45, 7) is 1.97. The Hall–Kier alpha value is -1.57.